The predicted molar refractivity (Wildman–Crippen MR) is 114 cm³/mol. The highest BCUT2D eigenvalue weighted by Gasteiger charge is 2.32. The summed E-state index contributed by atoms with van der Waals surface area (Å²) >= 11 is 0. The fraction of sp³-hybridized carbons (Fsp3) is 0.261. The molecule has 0 aliphatic carbocycles. The molecule has 0 bridgehead atoms. The van der Waals surface area contributed by atoms with Crippen LogP contribution in [0, 0.1) is 0 Å². The molecule has 5 rings (SSSR count). The Balaban J connectivity index is 1.52. The zero-order valence-electron chi connectivity index (χ0n) is 17.6. The van der Waals surface area contributed by atoms with Crippen LogP contribution < -0.4 is 23.7 Å². The molecule has 0 saturated carbocycles. The van der Waals surface area contributed by atoms with E-state index in [4.69, 9.17) is 28.1 Å². The van der Waals surface area contributed by atoms with Gasteiger partial charge in [-0.1, -0.05) is 0 Å². The molecule has 32 heavy (non-hydrogen) atoms. The number of aliphatic hydroxyl groups is 1. The van der Waals surface area contributed by atoms with Gasteiger partial charge < -0.3 is 38.3 Å². The van der Waals surface area contributed by atoms with Crippen LogP contribution in [0.2, 0.25) is 0 Å². The number of rotatable bonds is 5. The summed E-state index contributed by atoms with van der Waals surface area (Å²) in [6, 6.07) is 8.44. The second kappa shape index (κ2) is 7.69. The third-order valence-corrected chi connectivity index (χ3v) is 5.51. The molecule has 0 spiro atoms. The monoisotopic (exact) mass is 439 g/mol. The van der Waals surface area contributed by atoms with Gasteiger partial charge in [-0.25, -0.2) is 4.98 Å². The van der Waals surface area contributed by atoms with E-state index in [9.17, 15) is 10.2 Å². The molecule has 0 unspecified atom stereocenters. The standard InChI is InChI=1S/C23H21NO8/c1-27-15-8-11(9-16(28-2)20(15)26)19(25)17-10-31-22-14(32-17)5-4-12-18(22)24-23-13(6-7-30-23)21(12)29-3/h4-9,17,19,25-26H,10H2,1-3H3/t17-,19-/m0/s1. The summed E-state index contributed by atoms with van der Waals surface area (Å²) in [5.74, 6) is 1.73. The number of hydrogen-bond acceptors (Lipinski definition) is 9. The third kappa shape index (κ3) is 3.01. The molecule has 0 fully saturated rings. The van der Waals surface area contributed by atoms with Gasteiger partial charge in [0.25, 0.3) is 0 Å². The van der Waals surface area contributed by atoms with Gasteiger partial charge >= 0.3 is 0 Å². The second-order valence-electron chi connectivity index (χ2n) is 7.26. The zero-order chi connectivity index (χ0) is 22.4. The molecule has 0 amide bonds. The molecule has 9 heteroatoms. The highest BCUT2D eigenvalue weighted by Crippen LogP contribution is 2.45. The molecule has 2 atom stereocenters. The Hall–Kier alpha value is -3.85. The largest absolute Gasteiger partial charge is 0.502 e. The van der Waals surface area contributed by atoms with Crippen LogP contribution in [-0.4, -0.2) is 49.2 Å². The number of hydrogen-bond donors (Lipinski definition) is 2. The van der Waals surface area contributed by atoms with Crippen molar-refractivity contribution in [2.24, 2.45) is 0 Å². The third-order valence-electron chi connectivity index (χ3n) is 5.51. The molecular weight excluding hydrogens is 418 g/mol. The Morgan fingerprint density at radius 3 is 2.47 bits per heavy atom. The maximum absolute atomic E-state index is 11.0. The summed E-state index contributed by atoms with van der Waals surface area (Å²) in [7, 11) is 4.43. The number of pyridine rings is 1. The maximum Gasteiger partial charge on any atom is 0.230 e. The normalized spacial score (nSPS) is 16.2. The lowest BCUT2D eigenvalue weighted by Crippen LogP contribution is -2.35. The summed E-state index contributed by atoms with van der Waals surface area (Å²) in [5.41, 5.74) is 1.42. The average Bonchev–Trinajstić information content (AvgIpc) is 3.30. The van der Waals surface area contributed by atoms with Crippen LogP contribution in [0.25, 0.3) is 22.0 Å². The van der Waals surface area contributed by atoms with Crippen LogP contribution in [-0.2, 0) is 0 Å². The van der Waals surface area contributed by atoms with E-state index in [2.05, 4.69) is 4.98 Å². The summed E-state index contributed by atoms with van der Waals surface area (Å²) in [5, 5.41) is 22.6. The number of aromatic hydroxyl groups is 1. The molecule has 2 aromatic carbocycles. The van der Waals surface area contributed by atoms with Crippen molar-refractivity contribution in [3.63, 3.8) is 0 Å². The fourth-order valence-electron chi connectivity index (χ4n) is 3.92. The van der Waals surface area contributed by atoms with Crippen LogP contribution >= 0.6 is 0 Å². The lowest BCUT2D eigenvalue weighted by atomic mass is 10.0. The van der Waals surface area contributed by atoms with Crippen LogP contribution in [0.5, 0.6) is 34.5 Å². The van der Waals surface area contributed by atoms with E-state index in [1.54, 1.807) is 25.5 Å². The Morgan fingerprint density at radius 2 is 1.78 bits per heavy atom. The highest BCUT2D eigenvalue weighted by molar-refractivity contribution is 6.02. The first-order valence-electron chi connectivity index (χ1n) is 9.86. The van der Waals surface area contributed by atoms with E-state index in [0.717, 1.165) is 10.8 Å². The van der Waals surface area contributed by atoms with Crippen molar-refractivity contribution in [3.8, 4) is 34.5 Å². The minimum absolute atomic E-state index is 0.0684. The molecule has 2 N–H and O–H groups in total. The van der Waals surface area contributed by atoms with Gasteiger partial charge in [0.1, 0.15) is 24.0 Å². The SMILES string of the molecule is COc1cc([C@H](O)[C@@H]2COc3c(ccc4c(OC)c5ccoc5nc34)O2)cc(OC)c1O. The quantitative estimate of drug-likeness (QED) is 0.482. The van der Waals surface area contributed by atoms with Crippen molar-refractivity contribution >= 4 is 22.0 Å². The fourth-order valence-corrected chi connectivity index (χ4v) is 3.92. The molecule has 166 valence electrons. The van der Waals surface area contributed by atoms with Crippen molar-refractivity contribution in [1.82, 2.24) is 4.98 Å². The summed E-state index contributed by atoms with van der Waals surface area (Å²) in [6.45, 7) is 0.0684. The summed E-state index contributed by atoms with van der Waals surface area (Å²) in [4.78, 5) is 4.57. The van der Waals surface area contributed by atoms with Gasteiger partial charge in [-0.15, -0.1) is 0 Å². The predicted octanol–water partition coefficient (Wildman–Crippen LogP) is 3.59. The minimum atomic E-state index is -1.07. The van der Waals surface area contributed by atoms with Crippen LogP contribution in [0.15, 0.2) is 41.0 Å². The van der Waals surface area contributed by atoms with E-state index >= 15 is 0 Å². The zero-order valence-corrected chi connectivity index (χ0v) is 17.6. The number of aromatic nitrogens is 1. The average molecular weight is 439 g/mol. The van der Waals surface area contributed by atoms with E-state index in [1.165, 1.54) is 26.4 Å². The van der Waals surface area contributed by atoms with Gasteiger partial charge in [-0.05, 0) is 35.9 Å². The molecule has 1 aliphatic rings. The Bertz CT molecular complexity index is 1290. The molecule has 9 nitrogen and oxygen atoms in total. The first kappa shape index (κ1) is 20.1. The summed E-state index contributed by atoms with van der Waals surface area (Å²) < 4.78 is 33.5. The number of methoxy groups -OCH3 is 3. The topological polar surface area (TPSA) is 113 Å². The smallest absolute Gasteiger partial charge is 0.230 e. The maximum atomic E-state index is 11.0. The van der Waals surface area contributed by atoms with Crippen LogP contribution in [0.3, 0.4) is 0 Å². The van der Waals surface area contributed by atoms with Gasteiger partial charge in [0.2, 0.25) is 11.5 Å². The molecule has 0 saturated heterocycles. The number of phenols is 1. The van der Waals surface area contributed by atoms with E-state index in [0.29, 0.717) is 34.0 Å². The first-order chi connectivity index (χ1) is 15.5. The Morgan fingerprint density at radius 1 is 1.03 bits per heavy atom. The molecular formula is C23H21NO8. The molecule has 3 heterocycles. The van der Waals surface area contributed by atoms with E-state index in [1.807, 2.05) is 6.07 Å². The number of fused-ring (bicyclic) bond motifs is 4. The molecule has 4 aromatic rings. The van der Waals surface area contributed by atoms with Crippen molar-refractivity contribution in [2.75, 3.05) is 27.9 Å². The number of aliphatic hydroxyl groups excluding tert-OH is 1. The molecule has 2 aromatic heterocycles. The van der Waals surface area contributed by atoms with Crippen LogP contribution in [0.1, 0.15) is 11.7 Å². The number of phenolic OH excluding ortho intramolecular Hbond substituents is 1. The lowest BCUT2D eigenvalue weighted by Gasteiger charge is -2.30. The second-order valence-corrected chi connectivity index (χ2v) is 7.26. The van der Waals surface area contributed by atoms with E-state index in [-0.39, 0.29) is 23.9 Å². The van der Waals surface area contributed by atoms with Gasteiger partial charge in [-0.2, -0.15) is 0 Å². The lowest BCUT2D eigenvalue weighted by molar-refractivity contribution is -0.0108. The molecule has 0 radical (unpaired) electrons. The van der Waals surface area contributed by atoms with Gasteiger partial charge in [0.15, 0.2) is 29.1 Å². The van der Waals surface area contributed by atoms with Crippen LogP contribution in [0.4, 0.5) is 0 Å². The summed E-state index contributed by atoms with van der Waals surface area (Å²) in [6.07, 6.45) is -0.236. The van der Waals surface area contributed by atoms with Gasteiger partial charge in [0.05, 0.1) is 33.0 Å². The van der Waals surface area contributed by atoms with Gasteiger partial charge in [0, 0.05) is 5.39 Å². The van der Waals surface area contributed by atoms with Crippen molar-refractivity contribution in [2.45, 2.75) is 12.2 Å². The minimum Gasteiger partial charge on any atom is -0.502 e. The highest BCUT2D eigenvalue weighted by atomic mass is 16.6. The van der Waals surface area contributed by atoms with Gasteiger partial charge in [-0.3, -0.25) is 0 Å². The number of benzene rings is 2. The number of ether oxygens (including phenoxy) is 5. The van der Waals surface area contributed by atoms with Crippen molar-refractivity contribution < 1.29 is 38.3 Å². The Labute approximate surface area is 182 Å². The van der Waals surface area contributed by atoms with Crippen molar-refractivity contribution in [1.29, 1.82) is 0 Å². The first-order valence-corrected chi connectivity index (χ1v) is 9.86. The van der Waals surface area contributed by atoms with E-state index < -0.39 is 12.2 Å². The van der Waals surface area contributed by atoms with Crippen molar-refractivity contribution in [3.05, 3.63) is 42.2 Å². The Kier molecular flexibility index (Phi) is 4.82. The number of furan rings is 1. The molecule has 1 aliphatic heterocycles. The number of nitrogens with zero attached hydrogens (tertiary/aromatic N) is 1.